The van der Waals surface area contributed by atoms with Gasteiger partial charge in [-0.2, -0.15) is 5.10 Å². The minimum absolute atomic E-state index is 0.00208. The van der Waals surface area contributed by atoms with Gasteiger partial charge in [0.2, 0.25) is 0 Å². The van der Waals surface area contributed by atoms with Crippen molar-refractivity contribution in [3.05, 3.63) is 73.4 Å². The van der Waals surface area contributed by atoms with Gasteiger partial charge in [0, 0.05) is 23.1 Å². The van der Waals surface area contributed by atoms with Crippen LogP contribution in [0.5, 0.6) is 0 Å². The van der Waals surface area contributed by atoms with Crippen molar-refractivity contribution in [3.63, 3.8) is 0 Å². The molecule has 0 spiro atoms. The molecular weight excluding hydrogens is 324 g/mol. The molecule has 9 nitrogen and oxygen atoms in total. The van der Waals surface area contributed by atoms with Gasteiger partial charge in [-0.1, -0.05) is 11.8 Å². The summed E-state index contributed by atoms with van der Waals surface area (Å²) in [6.07, 6.45) is 0. The maximum atomic E-state index is 10.6. The molecule has 3 rings (SSSR count). The number of hydrogen-bond donors (Lipinski definition) is 1. The number of non-ortho nitro benzene ring substituents is 1. The van der Waals surface area contributed by atoms with Gasteiger partial charge in [-0.15, -0.1) is 0 Å². The number of rotatable bonds is 4. The lowest BCUT2D eigenvalue weighted by molar-refractivity contribution is -0.402. The maximum Gasteiger partial charge on any atom is 0.433 e. The molecule has 0 aliphatic carbocycles. The van der Waals surface area contributed by atoms with E-state index in [0.29, 0.717) is 22.1 Å². The molecule has 1 aromatic heterocycles. The molecule has 1 aliphatic rings. The van der Waals surface area contributed by atoms with Crippen LogP contribution in [0.1, 0.15) is 11.3 Å². The third-order valence-electron chi connectivity index (χ3n) is 2.93. The van der Waals surface area contributed by atoms with Crippen LogP contribution in [0, 0.1) is 20.2 Å². The summed E-state index contributed by atoms with van der Waals surface area (Å²) in [5, 5.41) is 27.7. The Balaban J connectivity index is 1.74. The highest BCUT2D eigenvalue weighted by molar-refractivity contribution is 8.17. The molecule has 1 aromatic carbocycles. The van der Waals surface area contributed by atoms with Gasteiger partial charge < -0.3 is 4.42 Å². The van der Waals surface area contributed by atoms with Crippen LogP contribution in [-0.4, -0.2) is 14.9 Å². The summed E-state index contributed by atoms with van der Waals surface area (Å²) in [6, 6.07) is 8.73. The van der Waals surface area contributed by atoms with Crippen LogP contribution in [0.15, 0.2) is 51.3 Å². The van der Waals surface area contributed by atoms with E-state index >= 15 is 0 Å². The van der Waals surface area contributed by atoms with Crippen molar-refractivity contribution in [2.45, 2.75) is 0 Å². The number of hydrogen-bond acceptors (Lipinski definition) is 8. The van der Waals surface area contributed by atoms with Gasteiger partial charge >= 0.3 is 5.88 Å². The lowest BCUT2D eigenvalue weighted by atomic mass is 10.2. The zero-order valence-electron chi connectivity index (χ0n) is 11.3. The first-order valence-electron chi connectivity index (χ1n) is 6.24. The first kappa shape index (κ1) is 14.8. The molecule has 0 radical (unpaired) electrons. The molecule has 2 aromatic rings. The average molecular weight is 332 g/mol. The highest BCUT2D eigenvalue weighted by atomic mass is 32.2. The largest absolute Gasteiger partial charge is 0.433 e. The lowest BCUT2D eigenvalue weighted by Gasteiger charge is -2.12. The van der Waals surface area contributed by atoms with Gasteiger partial charge in [-0.25, -0.2) is 0 Å². The number of nitrogens with one attached hydrogen (secondary N) is 1. The Morgan fingerprint density at radius 2 is 1.78 bits per heavy atom. The van der Waals surface area contributed by atoms with E-state index in [1.165, 1.54) is 36.0 Å². The third-order valence-corrected chi connectivity index (χ3v) is 3.83. The van der Waals surface area contributed by atoms with E-state index in [1.54, 1.807) is 17.5 Å². The van der Waals surface area contributed by atoms with Crippen molar-refractivity contribution >= 4 is 34.1 Å². The van der Waals surface area contributed by atoms with E-state index in [1.807, 2.05) is 0 Å². The topological polar surface area (TPSA) is 124 Å². The molecule has 10 heteroatoms. The second-order valence-electron chi connectivity index (χ2n) is 4.38. The third kappa shape index (κ3) is 3.06. The minimum atomic E-state index is -0.619. The van der Waals surface area contributed by atoms with Crippen molar-refractivity contribution in [1.82, 2.24) is 5.43 Å². The van der Waals surface area contributed by atoms with Crippen LogP contribution in [0.3, 0.4) is 0 Å². The summed E-state index contributed by atoms with van der Waals surface area (Å²) in [6.45, 7) is 0. The molecule has 0 atom stereocenters. The Labute approximate surface area is 133 Å². The van der Waals surface area contributed by atoms with Gasteiger partial charge in [-0.3, -0.25) is 25.7 Å². The van der Waals surface area contributed by atoms with Crippen LogP contribution in [0.2, 0.25) is 0 Å². The van der Waals surface area contributed by atoms with Crippen molar-refractivity contribution in [3.8, 4) is 0 Å². The first-order valence-corrected chi connectivity index (χ1v) is 7.12. The summed E-state index contributed by atoms with van der Waals surface area (Å²) in [4.78, 5) is 20.1. The second kappa shape index (κ2) is 5.93. The van der Waals surface area contributed by atoms with Crippen LogP contribution in [-0.2, 0) is 0 Å². The fourth-order valence-corrected chi connectivity index (χ4v) is 2.59. The molecule has 2 heterocycles. The molecule has 0 fully saturated rings. The molecule has 1 N–H and O–H groups in total. The van der Waals surface area contributed by atoms with Crippen molar-refractivity contribution in [2.24, 2.45) is 5.10 Å². The van der Waals surface area contributed by atoms with Crippen molar-refractivity contribution in [1.29, 1.82) is 0 Å². The number of nitro benzene ring substituents is 1. The van der Waals surface area contributed by atoms with Crippen molar-refractivity contribution < 1.29 is 14.3 Å². The fraction of sp³-hybridized carbons (Fsp3) is 0. The zero-order chi connectivity index (χ0) is 16.4. The number of hydrazone groups is 1. The molecule has 0 saturated carbocycles. The number of furan rings is 1. The molecule has 0 unspecified atom stereocenters. The minimum Gasteiger partial charge on any atom is -0.399 e. The molecule has 1 aliphatic heterocycles. The van der Waals surface area contributed by atoms with Crippen LogP contribution < -0.4 is 5.43 Å². The maximum absolute atomic E-state index is 10.6. The molecular formula is C13H8N4O5S. The van der Waals surface area contributed by atoms with E-state index in [-0.39, 0.29) is 11.6 Å². The van der Waals surface area contributed by atoms with E-state index in [2.05, 4.69) is 10.5 Å². The summed E-state index contributed by atoms with van der Waals surface area (Å²) in [5.41, 5.74) is 3.96. The Bertz CT molecular complexity index is 840. The zero-order valence-corrected chi connectivity index (χ0v) is 12.1. The molecule has 0 amide bonds. The van der Waals surface area contributed by atoms with E-state index in [4.69, 9.17) is 4.42 Å². The summed E-state index contributed by atoms with van der Waals surface area (Å²) >= 11 is 1.28. The Kier molecular flexibility index (Phi) is 3.81. The van der Waals surface area contributed by atoms with E-state index in [9.17, 15) is 20.2 Å². The highest BCUT2D eigenvalue weighted by Gasteiger charge is 2.18. The van der Waals surface area contributed by atoms with Gasteiger partial charge in [0.1, 0.15) is 15.7 Å². The number of nitro groups is 2. The van der Waals surface area contributed by atoms with Crippen LogP contribution in [0.4, 0.5) is 11.6 Å². The highest BCUT2D eigenvalue weighted by Crippen LogP contribution is 2.28. The number of benzene rings is 1. The molecule has 0 saturated heterocycles. The average Bonchev–Trinajstić information content (AvgIpc) is 3.05. The smallest absolute Gasteiger partial charge is 0.399 e. The van der Waals surface area contributed by atoms with E-state index < -0.39 is 9.85 Å². The second-order valence-corrected chi connectivity index (χ2v) is 5.24. The Hall–Kier alpha value is -3.14. The molecule has 116 valence electrons. The predicted molar refractivity (Wildman–Crippen MR) is 83.7 cm³/mol. The van der Waals surface area contributed by atoms with Gasteiger partial charge in [-0.05, 0) is 18.2 Å². The Morgan fingerprint density at radius 3 is 2.30 bits per heavy atom. The SMILES string of the molecule is O=[N+]([O-])c1ccc(C2=NNC(c3ccc([N+](=O)[O-])o3)=CS2)cc1. The van der Waals surface area contributed by atoms with E-state index in [0.717, 1.165) is 0 Å². The van der Waals surface area contributed by atoms with Crippen LogP contribution in [0.25, 0.3) is 5.70 Å². The fourth-order valence-electron chi connectivity index (χ4n) is 1.82. The summed E-state index contributed by atoms with van der Waals surface area (Å²) in [5.74, 6) is -0.0476. The first-order chi connectivity index (χ1) is 11.0. The normalized spacial score (nSPS) is 13.7. The van der Waals surface area contributed by atoms with Gasteiger partial charge in [0.15, 0.2) is 5.76 Å². The van der Waals surface area contributed by atoms with Gasteiger partial charge in [0.25, 0.3) is 5.69 Å². The standard InChI is InChI=1S/C13H8N4O5S/c18-16(19)9-3-1-8(2-4-9)13-15-14-10(7-23-13)11-5-6-12(22-11)17(20)21/h1-7,14H. The Morgan fingerprint density at radius 1 is 1.04 bits per heavy atom. The van der Waals surface area contributed by atoms with Crippen molar-refractivity contribution in [2.75, 3.05) is 0 Å². The molecule has 23 heavy (non-hydrogen) atoms. The summed E-state index contributed by atoms with van der Waals surface area (Å²) < 4.78 is 5.08. The number of thioether (sulfide) groups is 1. The summed E-state index contributed by atoms with van der Waals surface area (Å²) in [7, 11) is 0. The van der Waals surface area contributed by atoms with Crippen LogP contribution >= 0.6 is 11.8 Å². The lowest BCUT2D eigenvalue weighted by Crippen LogP contribution is -2.12. The monoisotopic (exact) mass is 332 g/mol. The van der Waals surface area contributed by atoms with Gasteiger partial charge in [0.05, 0.1) is 11.0 Å². The number of nitrogens with zero attached hydrogens (tertiary/aromatic N) is 3. The quantitative estimate of drug-likeness (QED) is 0.673. The molecule has 0 bridgehead atoms. The predicted octanol–water partition coefficient (Wildman–Crippen LogP) is 3.09.